The van der Waals surface area contributed by atoms with Gasteiger partial charge in [-0.1, -0.05) is 24.3 Å². The van der Waals surface area contributed by atoms with Gasteiger partial charge in [-0.2, -0.15) is 5.26 Å². The normalized spacial score (nSPS) is 11.1. The van der Waals surface area contributed by atoms with Gasteiger partial charge in [0.2, 0.25) is 5.96 Å². The summed E-state index contributed by atoms with van der Waals surface area (Å²) in [5.74, 6) is -0.502. The topological polar surface area (TPSA) is 97.5 Å². The molecular formula is C13H14N4O2. The molecular weight excluding hydrogens is 244 g/mol. The lowest BCUT2D eigenvalue weighted by Gasteiger charge is -2.06. The number of aliphatic carboxylic acids is 1. The molecule has 0 saturated carbocycles. The molecule has 1 rings (SSSR count). The Hall–Kier alpha value is -2.81. The van der Waals surface area contributed by atoms with Gasteiger partial charge in [0.15, 0.2) is 6.19 Å². The van der Waals surface area contributed by atoms with Crippen molar-refractivity contribution in [3.05, 3.63) is 35.9 Å². The van der Waals surface area contributed by atoms with Crippen LogP contribution in [0, 0.1) is 11.5 Å². The van der Waals surface area contributed by atoms with E-state index in [0.29, 0.717) is 5.96 Å². The van der Waals surface area contributed by atoms with Crippen LogP contribution in [0.15, 0.2) is 35.3 Å². The van der Waals surface area contributed by atoms with E-state index in [1.165, 1.54) is 0 Å². The fourth-order valence-corrected chi connectivity index (χ4v) is 1.31. The number of benzene rings is 1. The van der Waals surface area contributed by atoms with Crippen LogP contribution in [0.4, 0.5) is 5.69 Å². The van der Waals surface area contributed by atoms with Crippen LogP contribution in [-0.2, 0) is 4.79 Å². The molecule has 0 spiro atoms. The zero-order valence-corrected chi connectivity index (χ0v) is 10.4. The summed E-state index contributed by atoms with van der Waals surface area (Å²) in [6.07, 6.45) is 5.10. The van der Waals surface area contributed by atoms with Crippen LogP contribution in [0.5, 0.6) is 0 Å². The quantitative estimate of drug-likeness (QED) is 0.330. The summed E-state index contributed by atoms with van der Waals surface area (Å²) >= 11 is 0. The Morgan fingerprint density at radius 1 is 1.47 bits per heavy atom. The predicted octanol–water partition coefficient (Wildman–Crippen LogP) is 1.64. The second-order valence-electron chi connectivity index (χ2n) is 3.56. The Morgan fingerprint density at radius 2 is 2.16 bits per heavy atom. The van der Waals surface area contributed by atoms with E-state index < -0.39 is 5.97 Å². The van der Waals surface area contributed by atoms with E-state index in [0.717, 1.165) is 11.3 Å². The number of hydrogen-bond donors (Lipinski definition) is 3. The lowest BCUT2D eigenvalue weighted by atomic mass is 10.2. The third-order valence-electron chi connectivity index (χ3n) is 2.17. The molecule has 0 aliphatic rings. The summed E-state index contributed by atoms with van der Waals surface area (Å²) in [4.78, 5) is 14.2. The Kier molecular flexibility index (Phi) is 5.63. The maximum absolute atomic E-state index is 10.4. The molecule has 0 saturated heterocycles. The number of nitrogens with one attached hydrogen (secondary N) is 2. The first-order chi connectivity index (χ1) is 9.15. The van der Waals surface area contributed by atoms with E-state index in [1.807, 2.05) is 24.3 Å². The number of guanidine groups is 1. The third-order valence-corrected chi connectivity index (χ3v) is 2.17. The number of hydrogen-bond acceptors (Lipinski definition) is 3. The van der Waals surface area contributed by atoms with Crippen molar-refractivity contribution in [2.75, 3.05) is 12.4 Å². The minimum absolute atomic E-state index is 0.00126. The van der Waals surface area contributed by atoms with Crippen molar-refractivity contribution in [1.82, 2.24) is 5.32 Å². The molecule has 0 atom stereocenters. The van der Waals surface area contributed by atoms with E-state index in [2.05, 4.69) is 15.6 Å². The standard InChI is InChI=1S/C13H14N4O2/c1-15-13(16-9-14)17-11-7-5-10(6-8-11)3-2-4-12(18)19/h2-3,5-8H,4H2,1H3,(H,18,19)(H2,15,16,17). The van der Waals surface area contributed by atoms with Crippen molar-refractivity contribution in [1.29, 1.82) is 5.26 Å². The molecule has 3 N–H and O–H groups in total. The second-order valence-corrected chi connectivity index (χ2v) is 3.56. The van der Waals surface area contributed by atoms with E-state index in [1.54, 1.807) is 25.4 Å². The van der Waals surface area contributed by atoms with Gasteiger partial charge in [-0.25, -0.2) is 0 Å². The Morgan fingerprint density at radius 3 is 2.68 bits per heavy atom. The molecule has 0 radical (unpaired) electrons. The summed E-state index contributed by atoms with van der Waals surface area (Å²) < 4.78 is 0. The molecule has 0 amide bonds. The molecule has 0 aliphatic heterocycles. The molecule has 6 heteroatoms. The first kappa shape index (κ1) is 14.3. The number of rotatable bonds is 4. The average Bonchev–Trinajstić information content (AvgIpc) is 2.39. The predicted molar refractivity (Wildman–Crippen MR) is 73.5 cm³/mol. The molecule has 0 unspecified atom stereocenters. The van der Waals surface area contributed by atoms with Crippen LogP contribution in [0.2, 0.25) is 0 Å². The highest BCUT2D eigenvalue weighted by atomic mass is 16.4. The zero-order valence-electron chi connectivity index (χ0n) is 10.4. The van der Waals surface area contributed by atoms with E-state index >= 15 is 0 Å². The number of anilines is 1. The smallest absolute Gasteiger partial charge is 0.307 e. The second kappa shape index (κ2) is 7.50. The van der Waals surface area contributed by atoms with Crippen molar-refractivity contribution in [2.24, 2.45) is 4.99 Å². The summed E-state index contributed by atoms with van der Waals surface area (Å²) in [6.45, 7) is 0. The highest BCUT2D eigenvalue weighted by Gasteiger charge is 1.97. The van der Waals surface area contributed by atoms with Crippen molar-refractivity contribution < 1.29 is 9.90 Å². The Labute approximate surface area is 111 Å². The van der Waals surface area contributed by atoms with Gasteiger partial charge in [-0.05, 0) is 17.7 Å². The minimum atomic E-state index is -0.860. The number of nitrogens with zero attached hydrogens (tertiary/aromatic N) is 2. The van der Waals surface area contributed by atoms with E-state index in [9.17, 15) is 4.79 Å². The van der Waals surface area contributed by atoms with Crippen molar-refractivity contribution in [2.45, 2.75) is 6.42 Å². The van der Waals surface area contributed by atoms with Crippen LogP contribution in [0.1, 0.15) is 12.0 Å². The van der Waals surface area contributed by atoms with Crippen molar-refractivity contribution >= 4 is 23.7 Å². The molecule has 0 fully saturated rings. The molecule has 0 aliphatic carbocycles. The summed E-state index contributed by atoms with van der Waals surface area (Å²) in [5.41, 5.74) is 1.67. The monoisotopic (exact) mass is 258 g/mol. The first-order valence-electron chi connectivity index (χ1n) is 5.53. The van der Waals surface area contributed by atoms with Gasteiger partial charge in [0.25, 0.3) is 0 Å². The zero-order chi connectivity index (χ0) is 14.1. The molecule has 6 nitrogen and oxygen atoms in total. The third kappa shape index (κ3) is 5.37. The number of aliphatic imine (C=N–C) groups is 1. The maximum atomic E-state index is 10.4. The van der Waals surface area contributed by atoms with Crippen LogP contribution in [0.3, 0.4) is 0 Å². The number of carboxylic acid groups (broad SMARTS) is 1. The molecule has 98 valence electrons. The fraction of sp³-hybridized carbons (Fsp3) is 0.154. The van der Waals surface area contributed by atoms with Gasteiger partial charge < -0.3 is 10.4 Å². The molecule has 0 aromatic heterocycles. The van der Waals surface area contributed by atoms with Crippen molar-refractivity contribution in [3.8, 4) is 6.19 Å². The van der Waals surface area contributed by atoms with Gasteiger partial charge in [0.05, 0.1) is 6.42 Å². The SMILES string of the molecule is CN=C(NC#N)Nc1ccc(C=CCC(=O)O)cc1. The number of carbonyl (C=O) groups is 1. The van der Waals surface area contributed by atoms with Gasteiger partial charge in [-0.15, -0.1) is 0 Å². The van der Waals surface area contributed by atoms with Crippen molar-refractivity contribution in [3.63, 3.8) is 0 Å². The maximum Gasteiger partial charge on any atom is 0.307 e. The van der Waals surface area contributed by atoms with Gasteiger partial charge in [0, 0.05) is 12.7 Å². The number of carboxylic acids is 1. The minimum Gasteiger partial charge on any atom is -0.481 e. The highest BCUT2D eigenvalue weighted by molar-refractivity contribution is 5.94. The fourth-order valence-electron chi connectivity index (χ4n) is 1.31. The van der Waals surface area contributed by atoms with Gasteiger partial charge in [0.1, 0.15) is 0 Å². The van der Waals surface area contributed by atoms with Crippen LogP contribution in [-0.4, -0.2) is 24.1 Å². The van der Waals surface area contributed by atoms with E-state index in [4.69, 9.17) is 10.4 Å². The summed E-state index contributed by atoms with van der Waals surface area (Å²) in [5, 5.41) is 22.3. The van der Waals surface area contributed by atoms with Crippen LogP contribution < -0.4 is 10.6 Å². The number of nitriles is 1. The Bertz CT molecular complexity index is 527. The van der Waals surface area contributed by atoms with Crippen LogP contribution >= 0.6 is 0 Å². The average molecular weight is 258 g/mol. The molecule has 19 heavy (non-hydrogen) atoms. The van der Waals surface area contributed by atoms with E-state index in [-0.39, 0.29) is 6.42 Å². The summed E-state index contributed by atoms with van der Waals surface area (Å²) in [7, 11) is 1.57. The van der Waals surface area contributed by atoms with Gasteiger partial charge >= 0.3 is 5.97 Å². The highest BCUT2D eigenvalue weighted by Crippen LogP contribution is 2.10. The van der Waals surface area contributed by atoms with Crippen LogP contribution in [0.25, 0.3) is 6.08 Å². The Balaban J connectivity index is 2.64. The molecule has 1 aromatic rings. The molecule has 0 heterocycles. The summed E-state index contributed by atoms with van der Waals surface area (Å²) in [6, 6.07) is 7.29. The first-order valence-corrected chi connectivity index (χ1v) is 5.53. The largest absolute Gasteiger partial charge is 0.481 e. The van der Waals surface area contributed by atoms with Gasteiger partial charge in [-0.3, -0.25) is 15.1 Å². The molecule has 0 bridgehead atoms. The lowest BCUT2D eigenvalue weighted by molar-refractivity contribution is -0.135. The lowest BCUT2D eigenvalue weighted by Crippen LogP contribution is -2.26. The molecule has 1 aromatic carbocycles.